The van der Waals surface area contributed by atoms with E-state index in [1.54, 1.807) is 0 Å². The number of benzene rings is 1. The zero-order valence-corrected chi connectivity index (χ0v) is 17.1. The number of urea groups is 1. The van der Waals surface area contributed by atoms with Crippen LogP contribution in [0.5, 0.6) is 5.75 Å². The van der Waals surface area contributed by atoms with E-state index in [2.05, 4.69) is 22.7 Å². The van der Waals surface area contributed by atoms with E-state index < -0.39 is 0 Å². The summed E-state index contributed by atoms with van der Waals surface area (Å²) in [6.07, 6.45) is 0. The Morgan fingerprint density at radius 3 is 2.79 bits per heavy atom. The number of amides is 2. The van der Waals surface area contributed by atoms with Crippen molar-refractivity contribution in [2.24, 2.45) is 0 Å². The van der Waals surface area contributed by atoms with Gasteiger partial charge in [0.1, 0.15) is 5.76 Å². The number of carbonyl (C=O) groups excluding carboxylic acids is 1. The number of hydrogen-bond donors (Lipinski definition) is 2. The molecular formula is C21H28N4O3. The molecule has 2 aromatic heterocycles. The van der Waals surface area contributed by atoms with Crippen LogP contribution in [0.15, 0.2) is 28.7 Å². The maximum atomic E-state index is 12.4. The van der Waals surface area contributed by atoms with Gasteiger partial charge in [0, 0.05) is 29.7 Å². The number of hydrogen-bond acceptors (Lipinski definition) is 4. The van der Waals surface area contributed by atoms with Crippen molar-refractivity contribution >= 4 is 17.0 Å². The SMILES string of the molecule is CCOc1cccc2cc(C(C)NC(=O)NCc3c(C)nn(CC)c3C)oc12. The lowest BCUT2D eigenvalue weighted by Crippen LogP contribution is -2.36. The summed E-state index contributed by atoms with van der Waals surface area (Å²) in [5, 5.41) is 11.3. The molecule has 0 bridgehead atoms. The summed E-state index contributed by atoms with van der Waals surface area (Å²) in [6.45, 7) is 11.7. The number of ether oxygens (including phenoxy) is 1. The Kier molecular flexibility index (Phi) is 5.92. The second-order valence-corrected chi connectivity index (χ2v) is 6.77. The summed E-state index contributed by atoms with van der Waals surface area (Å²) in [5.74, 6) is 1.39. The van der Waals surface area contributed by atoms with Gasteiger partial charge < -0.3 is 19.8 Å². The molecule has 0 saturated heterocycles. The topological polar surface area (TPSA) is 81.3 Å². The summed E-state index contributed by atoms with van der Waals surface area (Å²) in [4.78, 5) is 12.4. The molecule has 1 aromatic carbocycles. The zero-order valence-electron chi connectivity index (χ0n) is 17.1. The van der Waals surface area contributed by atoms with Gasteiger partial charge in [-0.05, 0) is 46.8 Å². The third-order valence-corrected chi connectivity index (χ3v) is 4.86. The van der Waals surface area contributed by atoms with Crippen molar-refractivity contribution < 1.29 is 13.9 Å². The molecule has 0 aliphatic heterocycles. The van der Waals surface area contributed by atoms with Crippen LogP contribution in [-0.4, -0.2) is 22.4 Å². The molecule has 28 heavy (non-hydrogen) atoms. The highest BCUT2D eigenvalue weighted by molar-refractivity contribution is 5.84. The van der Waals surface area contributed by atoms with Crippen LogP contribution in [-0.2, 0) is 13.1 Å². The first kappa shape index (κ1) is 19.8. The van der Waals surface area contributed by atoms with Crippen molar-refractivity contribution in [3.63, 3.8) is 0 Å². The third kappa shape index (κ3) is 3.98. The summed E-state index contributed by atoms with van der Waals surface area (Å²) in [6, 6.07) is 7.18. The number of aromatic nitrogens is 2. The molecule has 0 aliphatic rings. The predicted molar refractivity (Wildman–Crippen MR) is 109 cm³/mol. The predicted octanol–water partition coefficient (Wildman–Crippen LogP) is 4.23. The van der Waals surface area contributed by atoms with Gasteiger partial charge in [0.15, 0.2) is 11.3 Å². The van der Waals surface area contributed by atoms with E-state index >= 15 is 0 Å². The van der Waals surface area contributed by atoms with Crippen molar-refractivity contribution in [1.29, 1.82) is 0 Å². The number of rotatable bonds is 7. The molecular weight excluding hydrogens is 356 g/mol. The largest absolute Gasteiger partial charge is 0.490 e. The molecule has 2 heterocycles. The van der Waals surface area contributed by atoms with E-state index in [1.807, 2.05) is 56.6 Å². The number of nitrogens with one attached hydrogen (secondary N) is 2. The van der Waals surface area contributed by atoms with Crippen LogP contribution in [0.4, 0.5) is 4.79 Å². The van der Waals surface area contributed by atoms with E-state index in [0.717, 1.165) is 28.9 Å². The quantitative estimate of drug-likeness (QED) is 0.639. The molecule has 0 spiro atoms. The first-order valence-corrected chi connectivity index (χ1v) is 9.67. The van der Waals surface area contributed by atoms with E-state index in [9.17, 15) is 4.79 Å². The van der Waals surface area contributed by atoms with Crippen molar-refractivity contribution in [1.82, 2.24) is 20.4 Å². The van der Waals surface area contributed by atoms with Crippen LogP contribution in [0.1, 0.15) is 49.5 Å². The molecule has 0 saturated carbocycles. The molecule has 0 aliphatic carbocycles. The van der Waals surface area contributed by atoms with Crippen LogP contribution in [0, 0.1) is 13.8 Å². The standard InChI is InChI=1S/C21H28N4O3/c1-6-25-15(5)17(13(3)24-25)12-22-21(26)23-14(4)19-11-16-9-8-10-18(27-7-2)20(16)28-19/h8-11,14H,6-7,12H2,1-5H3,(H2,22,23,26). The first-order valence-electron chi connectivity index (χ1n) is 9.67. The van der Waals surface area contributed by atoms with E-state index in [0.29, 0.717) is 30.2 Å². The molecule has 1 unspecified atom stereocenters. The van der Waals surface area contributed by atoms with E-state index in [4.69, 9.17) is 9.15 Å². The number of furan rings is 1. The van der Waals surface area contributed by atoms with Gasteiger partial charge >= 0.3 is 6.03 Å². The molecule has 0 fully saturated rings. The van der Waals surface area contributed by atoms with Crippen LogP contribution in [0.2, 0.25) is 0 Å². The highest BCUT2D eigenvalue weighted by Gasteiger charge is 2.17. The second-order valence-electron chi connectivity index (χ2n) is 6.77. The van der Waals surface area contributed by atoms with Gasteiger partial charge in [0.05, 0.1) is 18.3 Å². The Labute approximate surface area is 165 Å². The minimum absolute atomic E-state index is 0.249. The van der Waals surface area contributed by atoms with Crippen LogP contribution in [0.25, 0.3) is 11.0 Å². The fourth-order valence-electron chi connectivity index (χ4n) is 3.32. The average molecular weight is 384 g/mol. The minimum atomic E-state index is -0.276. The lowest BCUT2D eigenvalue weighted by atomic mass is 10.2. The zero-order chi connectivity index (χ0) is 20.3. The number of nitrogens with zero attached hydrogens (tertiary/aromatic N) is 2. The van der Waals surface area contributed by atoms with Gasteiger partial charge in [-0.2, -0.15) is 5.10 Å². The summed E-state index contributed by atoms with van der Waals surface area (Å²) >= 11 is 0. The maximum Gasteiger partial charge on any atom is 0.315 e. The Morgan fingerprint density at radius 1 is 1.32 bits per heavy atom. The van der Waals surface area contributed by atoms with Gasteiger partial charge in [-0.15, -0.1) is 0 Å². The van der Waals surface area contributed by atoms with Crippen molar-refractivity contribution in [3.8, 4) is 5.75 Å². The number of fused-ring (bicyclic) bond motifs is 1. The molecule has 7 nitrogen and oxygen atoms in total. The van der Waals surface area contributed by atoms with Gasteiger partial charge in [-0.25, -0.2) is 4.79 Å². The van der Waals surface area contributed by atoms with Crippen molar-refractivity contribution in [2.45, 2.75) is 53.8 Å². The number of aryl methyl sites for hydroxylation is 2. The molecule has 7 heteroatoms. The Hall–Kier alpha value is -2.96. The third-order valence-electron chi connectivity index (χ3n) is 4.86. The first-order chi connectivity index (χ1) is 13.4. The van der Waals surface area contributed by atoms with Gasteiger partial charge in [-0.1, -0.05) is 12.1 Å². The Balaban J connectivity index is 1.65. The molecule has 1 atom stereocenters. The molecule has 2 N–H and O–H groups in total. The molecule has 2 amide bonds. The van der Waals surface area contributed by atoms with Gasteiger partial charge in [0.2, 0.25) is 0 Å². The monoisotopic (exact) mass is 384 g/mol. The highest BCUT2D eigenvalue weighted by Crippen LogP contribution is 2.31. The van der Waals surface area contributed by atoms with E-state index in [-0.39, 0.29) is 12.1 Å². The molecule has 150 valence electrons. The van der Waals surface area contributed by atoms with Gasteiger partial charge in [-0.3, -0.25) is 4.68 Å². The average Bonchev–Trinajstić information content (AvgIpc) is 3.22. The molecule has 3 rings (SSSR count). The maximum absolute atomic E-state index is 12.4. The smallest absolute Gasteiger partial charge is 0.315 e. The van der Waals surface area contributed by atoms with E-state index in [1.165, 1.54) is 0 Å². The molecule has 0 radical (unpaired) electrons. The van der Waals surface area contributed by atoms with Crippen LogP contribution < -0.4 is 15.4 Å². The highest BCUT2D eigenvalue weighted by atomic mass is 16.5. The summed E-state index contributed by atoms with van der Waals surface area (Å²) in [5.41, 5.74) is 3.77. The van der Waals surface area contributed by atoms with Crippen LogP contribution >= 0.6 is 0 Å². The molecule has 3 aromatic rings. The van der Waals surface area contributed by atoms with Crippen LogP contribution in [0.3, 0.4) is 0 Å². The minimum Gasteiger partial charge on any atom is -0.490 e. The van der Waals surface area contributed by atoms with Gasteiger partial charge in [0.25, 0.3) is 0 Å². The fraction of sp³-hybridized carbons (Fsp3) is 0.429. The summed E-state index contributed by atoms with van der Waals surface area (Å²) in [7, 11) is 0. The summed E-state index contributed by atoms with van der Waals surface area (Å²) < 4.78 is 13.5. The second kappa shape index (κ2) is 8.37. The number of para-hydroxylation sites is 1. The lowest BCUT2D eigenvalue weighted by Gasteiger charge is -2.13. The lowest BCUT2D eigenvalue weighted by molar-refractivity contribution is 0.236. The Bertz CT molecular complexity index is 974. The fourth-order valence-corrected chi connectivity index (χ4v) is 3.32. The van der Waals surface area contributed by atoms with Crippen molar-refractivity contribution in [2.75, 3.05) is 6.61 Å². The van der Waals surface area contributed by atoms with Crippen molar-refractivity contribution in [3.05, 3.63) is 47.0 Å². The normalized spacial score (nSPS) is 12.2. The number of carbonyl (C=O) groups is 1. The Morgan fingerprint density at radius 2 is 2.11 bits per heavy atom.